The van der Waals surface area contributed by atoms with E-state index in [1.165, 1.54) is 175 Å². The highest BCUT2D eigenvalue weighted by Gasteiger charge is 2.22. The van der Waals surface area contributed by atoms with Gasteiger partial charge in [-0.1, -0.05) is 340 Å². The highest BCUT2D eigenvalue weighted by atomic mass is 14.3. The summed E-state index contributed by atoms with van der Waals surface area (Å²) < 4.78 is 0. The Morgan fingerprint density at radius 3 is 0.859 bits per heavy atom. The molecular weight excluding hydrogens is 1110 g/mol. The molecule has 92 heavy (non-hydrogen) atoms. The second kappa shape index (κ2) is 23.2. The lowest BCUT2D eigenvalue weighted by Crippen LogP contribution is -1.93. The molecule has 0 aromatic heterocycles. The van der Waals surface area contributed by atoms with E-state index in [-0.39, 0.29) is 0 Å². The molecule has 0 heterocycles. The number of fused-ring (bicyclic) bond motifs is 8. The third-order valence-corrected chi connectivity index (χ3v) is 18.9. The Kier molecular flexibility index (Phi) is 13.7. The van der Waals surface area contributed by atoms with Crippen LogP contribution in [0.1, 0.15) is 0 Å². The van der Waals surface area contributed by atoms with Crippen LogP contribution in [0.3, 0.4) is 0 Å². The van der Waals surface area contributed by atoms with Crippen LogP contribution in [-0.4, -0.2) is 0 Å². The maximum atomic E-state index is 2.42. The molecule has 18 aromatic rings. The van der Waals surface area contributed by atoms with Crippen LogP contribution in [0, 0.1) is 0 Å². The van der Waals surface area contributed by atoms with Crippen LogP contribution in [0.15, 0.2) is 364 Å². The first-order chi connectivity index (χ1) is 45.7. The van der Waals surface area contributed by atoms with E-state index >= 15 is 0 Å². The van der Waals surface area contributed by atoms with Crippen molar-refractivity contribution in [2.45, 2.75) is 0 Å². The van der Waals surface area contributed by atoms with Gasteiger partial charge in [0.05, 0.1) is 0 Å². The quantitative estimate of drug-likeness (QED) is 0.133. The van der Waals surface area contributed by atoms with Crippen molar-refractivity contribution in [3.8, 4) is 89.0 Å². The summed E-state index contributed by atoms with van der Waals surface area (Å²) in [4.78, 5) is 0. The molecule has 0 spiro atoms. The zero-order valence-corrected chi connectivity index (χ0v) is 50.6. The molecule has 0 N–H and O–H groups in total. The average Bonchev–Trinajstić information content (AvgIpc) is 1.33. The predicted octanol–water partition coefficient (Wildman–Crippen LogP) is 25.9. The van der Waals surface area contributed by atoms with Gasteiger partial charge in [-0.2, -0.15) is 0 Å². The van der Waals surface area contributed by atoms with E-state index < -0.39 is 0 Å². The minimum absolute atomic E-state index is 1.23. The summed E-state index contributed by atoms with van der Waals surface area (Å²) in [5.41, 5.74) is 20.1. The first-order valence-electron chi connectivity index (χ1n) is 31.9. The summed E-state index contributed by atoms with van der Waals surface area (Å²) in [7, 11) is 0. The van der Waals surface area contributed by atoms with Gasteiger partial charge in [-0.25, -0.2) is 0 Å². The Morgan fingerprint density at radius 1 is 0.109 bits per heavy atom. The van der Waals surface area contributed by atoms with Crippen molar-refractivity contribution in [3.63, 3.8) is 0 Å². The molecule has 0 radical (unpaired) electrons. The van der Waals surface area contributed by atoms with Crippen LogP contribution >= 0.6 is 0 Å². The highest BCUT2D eigenvalue weighted by Crippen LogP contribution is 2.50. The Morgan fingerprint density at radius 2 is 0.391 bits per heavy atom. The molecule has 428 valence electrons. The van der Waals surface area contributed by atoms with Crippen molar-refractivity contribution < 1.29 is 0 Å². The fourth-order valence-corrected chi connectivity index (χ4v) is 14.8. The third-order valence-electron chi connectivity index (χ3n) is 18.9. The van der Waals surface area contributed by atoms with Crippen LogP contribution in [0.2, 0.25) is 0 Å². The number of benzene rings is 18. The maximum absolute atomic E-state index is 2.42. The summed E-state index contributed by atoms with van der Waals surface area (Å²) in [6.07, 6.45) is 0. The van der Waals surface area contributed by atoms with Gasteiger partial charge in [0.25, 0.3) is 0 Å². The van der Waals surface area contributed by atoms with E-state index in [2.05, 4.69) is 364 Å². The summed E-state index contributed by atoms with van der Waals surface area (Å²) in [6, 6.07) is 133. The zero-order chi connectivity index (χ0) is 60.9. The van der Waals surface area contributed by atoms with Crippen molar-refractivity contribution in [1.29, 1.82) is 0 Å². The van der Waals surface area contributed by atoms with Crippen LogP contribution in [0.5, 0.6) is 0 Å². The van der Waals surface area contributed by atoms with E-state index in [1.807, 2.05) is 0 Å². The molecule has 0 bridgehead atoms. The van der Waals surface area contributed by atoms with Gasteiger partial charge < -0.3 is 0 Å². The number of rotatable bonds is 8. The minimum atomic E-state index is 1.23. The molecule has 0 aliphatic heterocycles. The van der Waals surface area contributed by atoms with E-state index in [4.69, 9.17) is 0 Å². The Balaban J connectivity index is 0.000000141. The molecule has 0 aliphatic rings. The SMILES string of the molecule is c1ccc(-c2cccc(-c3c4ccccc4c(-c4cc(-c5cccc6ccccc56)cc5ccccc45)c4ccccc34)c2)cc1.c1ccc(-c2cccc(-c3c4ccccc4c(-c4ccc(-c5cccc6ccccc56)c5ccccc45)c4ccccc34)c2)cc1. The summed E-state index contributed by atoms with van der Waals surface area (Å²) >= 11 is 0. The number of hydrogen-bond donors (Lipinski definition) is 0. The lowest BCUT2D eigenvalue weighted by atomic mass is 9.83. The van der Waals surface area contributed by atoms with Crippen LogP contribution < -0.4 is 0 Å². The lowest BCUT2D eigenvalue weighted by Gasteiger charge is -2.20. The van der Waals surface area contributed by atoms with Crippen molar-refractivity contribution >= 4 is 86.2 Å². The van der Waals surface area contributed by atoms with Gasteiger partial charge in [0, 0.05) is 0 Å². The molecule has 0 saturated heterocycles. The van der Waals surface area contributed by atoms with Crippen molar-refractivity contribution in [2.24, 2.45) is 0 Å². The minimum Gasteiger partial charge on any atom is -0.0622 e. The summed E-state index contributed by atoms with van der Waals surface area (Å²) in [5.74, 6) is 0. The Bertz CT molecular complexity index is 5750. The van der Waals surface area contributed by atoms with Gasteiger partial charge in [-0.15, -0.1) is 0 Å². The molecule has 0 amide bonds. The van der Waals surface area contributed by atoms with E-state index in [0.29, 0.717) is 0 Å². The Labute approximate surface area is 535 Å². The van der Waals surface area contributed by atoms with Gasteiger partial charge in [0.15, 0.2) is 0 Å². The topological polar surface area (TPSA) is 0 Å². The molecule has 0 atom stereocenters. The van der Waals surface area contributed by atoms with Gasteiger partial charge in [-0.05, 0) is 199 Å². The second-order valence-electron chi connectivity index (χ2n) is 24.1. The predicted molar refractivity (Wildman–Crippen MR) is 396 cm³/mol. The molecule has 0 saturated carbocycles. The van der Waals surface area contributed by atoms with E-state index in [1.54, 1.807) is 0 Å². The van der Waals surface area contributed by atoms with Crippen LogP contribution in [0.25, 0.3) is 175 Å². The molecule has 0 unspecified atom stereocenters. The average molecular weight is 1170 g/mol. The zero-order valence-electron chi connectivity index (χ0n) is 50.6. The first kappa shape index (κ1) is 54.2. The second-order valence-corrected chi connectivity index (χ2v) is 24.1. The molecule has 0 heteroatoms. The van der Waals surface area contributed by atoms with Gasteiger partial charge in [0.2, 0.25) is 0 Å². The lowest BCUT2D eigenvalue weighted by molar-refractivity contribution is 1.61. The van der Waals surface area contributed by atoms with Crippen molar-refractivity contribution in [1.82, 2.24) is 0 Å². The van der Waals surface area contributed by atoms with Crippen molar-refractivity contribution in [3.05, 3.63) is 364 Å². The standard InChI is InChI=1S/2C46H30/c1-2-14-31(15-3-1)33-19-12-20-35(28-33)45-40-23-8-10-25-42(40)46(43-26-11-9-24-41(43)45)44-30-36(29-34-17-5-7-22-38(34)44)39-27-13-18-32-16-4-6-21-37(32)39;1-2-14-31(15-3-1)33-18-12-19-34(30-33)45-40-23-8-10-25-42(40)46(43-26-11-9-24-41(43)45)44-29-28-39(37-21-6-7-22-38(37)44)36-27-13-17-32-16-4-5-20-35(32)36/h2*1-30H. The van der Waals surface area contributed by atoms with Crippen LogP contribution in [-0.2, 0) is 0 Å². The maximum Gasteiger partial charge on any atom is -0.00199 e. The monoisotopic (exact) mass is 1160 g/mol. The third kappa shape index (κ3) is 9.48. The first-order valence-corrected chi connectivity index (χ1v) is 31.9. The molecule has 0 fully saturated rings. The fraction of sp³-hybridized carbons (Fsp3) is 0. The fourth-order valence-electron chi connectivity index (χ4n) is 14.8. The van der Waals surface area contributed by atoms with Crippen LogP contribution in [0.4, 0.5) is 0 Å². The van der Waals surface area contributed by atoms with Gasteiger partial charge in [-0.3, -0.25) is 0 Å². The largest absolute Gasteiger partial charge is 0.0622 e. The summed E-state index contributed by atoms with van der Waals surface area (Å²) in [6.45, 7) is 0. The normalized spacial score (nSPS) is 11.5. The van der Waals surface area contributed by atoms with Gasteiger partial charge in [0.1, 0.15) is 0 Å². The Hall–Kier alpha value is -12.0. The summed E-state index contributed by atoms with van der Waals surface area (Å²) in [5, 5.41) is 20.2. The molecule has 0 nitrogen and oxygen atoms in total. The molecular formula is C92H60. The number of hydrogen-bond acceptors (Lipinski definition) is 0. The van der Waals surface area contributed by atoms with E-state index in [9.17, 15) is 0 Å². The molecule has 0 aliphatic carbocycles. The van der Waals surface area contributed by atoms with Crippen molar-refractivity contribution in [2.75, 3.05) is 0 Å². The molecule has 18 rings (SSSR count). The smallest absolute Gasteiger partial charge is 0.00199 e. The van der Waals surface area contributed by atoms with Gasteiger partial charge >= 0.3 is 0 Å². The van der Waals surface area contributed by atoms with E-state index in [0.717, 1.165) is 0 Å². The molecule has 18 aromatic carbocycles. The highest BCUT2D eigenvalue weighted by molar-refractivity contribution is 6.26.